The van der Waals surface area contributed by atoms with Gasteiger partial charge in [-0.2, -0.15) is 0 Å². The van der Waals surface area contributed by atoms with Gasteiger partial charge in [-0.25, -0.2) is 4.79 Å². The lowest BCUT2D eigenvalue weighted by Gasteiger charge is -2.16. The largest absolute Gasteiger partial charge is 0.387 e. The van der Waals surface area contributed by atoms with Crippen molar-refractivity contribution in [1.29, 1.82) is 0 Å². The number of aromatic nitrogens is 2. The molecule has 1 fully saturated rings. The standard InChI is InChI=1S/C19H23N4O8P/c1-32(30)9-10-2-4-11(5-3-10)21-13(25)8-20-17(28)16-14(26)15(27)18(31-16)23-7-6-12(24)22-19(23)29/h2-7,14-16,18,26-27,32H,8-9H2,1H3,(H,20,28)(H,21,25)(H,22,24,29)/t14-,15?,16-,18+/m0/s1. The minimum atomic E-state index is -1.67. The summed E-state index contributed by atoms with van der Waals surface area (Å²) in [6.45, 7) is 1.23. The zero-order valence-corrected chi connectivity index (χ0v) is 18.0. The number of rotatable bonds is 7. The molecule has 0 saturated carbocycles. The number of nitrogens with one attached hydrogen (secondary N) is 3. The van der Waals surface area contributed by atoms with Crippen LogP contribution in [0.4, 0.5) is 5.69 Å². The van der Waals surface area contributed by atoms with E-state index < -0.39 is 61.9 Å². The minimum Gasteiger partial charge on any atom is -0.387 e. The van der Waals surface area contributed by atoms with Crippen molar-refractivity contribution in [3.05, 3.63) is 62.9 Å². The van der Waals surface area contributed by atoms with Crippen molar-refractivity contribution in [3.8, 4) is 0 Å². The Labute approximate surface area is 182 Å². The van der Waals surface area contributed by atoms with Crippen LogP contribution >= 0.6 is 7.80 Å². The lowest BCUT2D eigenvalue weighted by atomic mass is 10.1. The predicted molar refractivity (Wildman–Crippen MR) is 114 cm³/mol. The van der Waals surface area contributed by atoms with Gasteiger partial charge in [-0.05, 0) is 24.4 Å². The molecule has 0 bridgehead atoms. The van der Waals surface area contributed by atoms with Gasteiger partial charge in [0.2, 0.25) is 5.91 Å². The SMILES string of the molecule is C[PH](=O)Cc1ccc(NC(=O)CNC(=O)[C@H]2O[C@@H](n3ccc(=O)[nH]c3=O)C(O)[C@@H]2O)cc1. The Hall–Kier alpha value is -3.05. The normalized spacial score (nSPS) is 23.5. The smallest absolute Gasteiger partial charge is 0.330 e. The van der Waals surface area contributed by atoms with Crippen LogP contribution in [0.5, 0.6) is 0 Å². The van der Waals surface area contributed by atoms with Gasteiger partial charge in [0.1, 0.15) is 12.2 Å². The fourth-order valence-corrected chi connectivity index (χ4v) is 4.01. The van der Waals surface area contributed by atoms with Crippen molar-refractivity contribution in [2.45, 2.75) is 30.7 Å². The molecule has 2 amide bonds. The number of carbonyl (C=O) groups excluding carboxylic acids is 2. The number of aliphatic hydroxyl groups excluding tert-OH is 2. The number of nitrogens with zero attached hydrogens (tertiary/aromatic N) is 1. The molecular weight excluding hydrogens is 443 g/mol. The molecule has 1 saturated heterocycles. The van der Waals surface area contributed by atoms with E-state index in [1.165, 1.54) is 0 Å². The summed E-state index contributed by atoms with van der Waals surface area (Å²) in [6, 6.07) is 7.79. The molecule has 0 spiro atoms. The maximum atomic E-state index is 12.4. The molecule has 2 heterocycles. The Bertz CT molecular complexity index is 1130. The van der Waals surface area contributed by atoms with Crippen LogP contribution in [0.1, 0.15) is 11.8 Å². The Morgan fingerprint density at radius 1 is 1.16 bits per heavy atom. The number of benzene rings is 1. The van der Waals surface area contributed by atoms with Crippen molar-refractivity contribution >= 4 is 25.3 Å². The van der Waals surface area contributed by atoms with Gasteiger partial charge in [-0.1, -0.05) is 12.1 Å². The van der Waals surface area contributed by atoms with Crippen LogP contribution in [0.25, 0.3) is 0 Å². The molecule has 5 atom stereocenters. The lowest BCUT2D eigenvalue weighted by Crippen LogP contribution is -2.45. The third kappa shape index (κ3) is 5.60. The molecule has 2 aromatic rings. The zero-order chi connectivity index (χ0) is 23.4. The van der Waals surface area contributed by atoms with Crippen molar-refractivity contribution in [1.82, 2.24) is 14.9 Å². The topological polar surface area (TPSA) is 180 Å². The van der Waals surface area contributed by atoms with Crippen LogP contribution in [0.3, 0.4) is 0 Å². The molecule has 12 nitrogen and oxygen atoms in total. The van der Waals surface area contributed by atoms with E-state index in [4.69, 9.17) is 4.74 Å². The quantitative estimate of drug-likeness (QED) is 0.309. The molecule has 0 radical (unpaired) electrons. The molecule has 1 aromatic carbocycles. The van der Waals surface area contributed by atoms with Crippen LogP contribution in [0.2, 0.25) is 0 Å². The number of aliphatic hydroxyl groups is 2. The van der Waals surface area contributed by atoms with Gasteiger partial charge < -0.3 is 30.1 Å². The summed E-state index contributed by atoms with van der Waals surface area (Å²) in [6.07, 6.45) is -4.70. The van der Waals surface area contributed by atoms with E-state index in [1.54, 1.807) is 30.9 Å². The Morgan fingerprint density at radius 2 is 1.84 bits per heavy atom. The summed E-state index contributed by atoms with van der Waals surface area (Å²) < 4.78 is 17.5. The van der Waals surface area contributed by atoms with Crippen LogP contribution < -0.4 is 21.9 Å². The number of carbonyl (C=O) groups is 2. The molecule has 0 aliphatic carbocycles. The maximum Gasteiger partial charge on any atom is 0.330 e. The number of anilines is 1. The average Bonchev–Trinajstić information content (AvgIpc) is 3.02. The summed E-state index contributed by atoms with van der Waals surface area (Å²) in [5.74, 6) is -1.41. The zero-order valence-electron chi connectivity index (χ0n) is 17.0. The van der Waals surface area contributed by atoms with Gasteiger partial charge in [0.25, 0.3) is 11.5 Å². The Kier molecular flexibility index (Phi) is 7.41. The second-order valence-corrected chi connectivity index (χ2v) is 9.05. The second-order valence-electron chi connectivity index (χ2n) is 7.29. The third-order valence-electron chi connectivity index (χ3n) is 4.74. The first-order valence-corrected chi connectivity index (χ1v) is 11.8. The van der Waals surface area contributed by atoms with E-state index in [0.29, 0.717) is 11.8 Å². The van der Waals surface area contributed by atoms with Crippen molar-refractivity contribution in [3.63, 3.8) is 0 Å². The highest BCUT2D eigenvalue weighted by Gasteiger charge is 2.47. The summed E-state index contributed by atoms with van der Waals surface area (Å²) >= 11 is 0. The fraction of sp³-hybridized carbons (Fsp3) is 0.368. The van der Waals surface area contributed by atoms with Gasteiger partial charge in [-0.3, -0.25) is 23.9 Å². The molecule has 2 unspecified atom stereocenters. The van der Waals surface area contributed by atoms with Crippen molar-refractivity contribution < 1.29 is 29.1 Å². The first-order chi connectivity index (χ1) is 15.2. The first-order valence-electron chi connectivity index (χ1n) is 9.64. The highest BCUT2D eigenvalue weighted by Crippen LogP contribution is 2.28. The molecule has 172 valence electrons. The van der Waals surface area contributed by atoms with E-state index >= 15 is 0 Å². The van der Waals surface area contributed by atoms with Crippen LogP contribution in [-0.2, 0) is 25.1 Å². The minimum absolute atomic E-state index is 0.435. The van der Waals surface area contributed by atoms with Gasteiger partial charge in [0.15, 0.2) is 12.3 Å². The average molecular weight is 466 g/mol. The van der Waals surface area contributed by atoms with Crippen LogP contribution in [0, 0.1) is 0 Å². The number of hydrogen-bond acceptors (Lipinski definition) is 8. The summed E-state index contributed by atoms with van der Waals surface area (Å²) in [5.41, 5.74) is -0.180. The van der Waals surface area contributed by atoms with Crippen molar-refractivity contribution in [2.75, 3.05) is 18.5 Å². The van der Waals surface area contributed by atoms with E-state index in [9.17, 15) is 34.0 Å². The first kappa shape index (κ1) is 23.6. The van der Waals surface area contributed by atoms with Crippen molar-refractivity contribution in [2.24, 2.45) is 0 Å². The molecule has 1 aliphatic heterocycles. The summed E-state index contributed by atoms with van der Waals surface area (Å²) in [7, 11) is -1.65. The second kappa shape index (κ2) is 10.0. The van der Waals surface area contributed by atoms with E-state index in [0.717, 1.165) is 22.4 Å². The van der Waals surface area contributed by atoms with Gasteiger partial charge in [0.05, 0.1) is 14.3 Å². The Balaban J connectivity index is 1.56. The van der Waals surface area contributed by atoms with Crippen LogP contribution in [0.15, 0.2) is 46.1 Å². The molecule has 13 heteroatoms. The van der Waals surface area contributed by atoms with Gasteiger partial charge in [-0.15, -0.1) is 0 Å². The predicted octanol–water partition coefficient (Wildman–Crippen LogP) is -1.40. The third-order valence-corrected chi connectivity index (χ3v) is 5.64. The van der Waals surface area contributed by atoms with Gasteiger partial charge in [0, 0.05) is 24.1 Å². The number of H-pyrrole nitrogens is 1. The number of amides is 2. The highest BCUT2D eigenvalue weighted by atomic mass is 31.1. The molecular formula is C19H23N4O8P. The summed E-state index contributed by atoms with van der Waals surface area (Å²) in [5, 5.41) is 25.2. The highest BCUT2D eigenvalue weighted by molar-refractivity contribution is 7.42. The molecule has 5 N–H and O–H groups in total. The molecule has 32 heavy (non-hydrogen) atoms. The maximum absolute atomic E-state index is 12.4. The fourth-order valence-electron chi connectivity index (χ4n) is 3.20. The number of aromatic amines is 1. The number of ether oxygens (including phenoxy) is 1. The summed E-state index contributed by atoms with van der Waals surface area (Å²) in [4.78, 5) is 49.5. The van der Waals surface area contributed by atoms with Gasteiger partial charge >= 0.3 is 5.69 Å². The van der Waals surface area contributed by atoms with E-state index in [2.05, 4.69) is 10.6 Å². The molecule has 1 aromatic heterocycles. The molecule has 1 aliphatic rings. The monoisotopic (exact) mass is 466 g/mol. The van der Waals surface area contributed by atoms with E-state index in [-0.39, 0.29) is 0 Å². The van der Waals surface area contributed by atoms with Crippen LogP contribution in [-0.4, -0.2) is 63.1 Å². The Morgan fingerprint density at radius 3 is 2.47 bits per heavy atom. The molecule has 3 rings (SSSR count). The number of hydrogen-bond donors (Lipinski definition) is 5. The van der Waals surface area contributed by atoms with E-state index in [1.807, 2.05) is 4.98 Å². The lowest BCUT2D eigenvalue weighted by molar-refractivity contribution is -0.138.